The quantitative estimate of drug-likeness (QED) is 0.795. The van der Waals surface area contributed by atoms with Crippen LogP contribution in [0, 0.1) is 11.3 Å². The molecule has 7 nitrogen and oxygen atoms in total. The van der Waals surface area contributed by atoms with Gasteiger partial charge < -0.3 is 10.6 Å². The lowest BCUT2D eigenvalue weighted by Crippen LogP contribution is -2.30. The molecular formula is C11H16ClN5O2S. The van der Waals surface area contributed by atoms with E-state index in [-0.39, 0.29) is 21.8 Å². The normalized spacial score (nSPS) is 11.8. The second-order valence-electron chi connectivity index (χ2n) is 4.68. The Balaban J connectivity index is 3.39. The van der Waals surface area contributed by atoms with Gasteiger partial charge in [0.1, 0.15) is 10.4 Å². The Hall–Kier alpha value is -1.59. The number of anilines is 2. The first-order valence-corrected chi connectivity index (χ1v) is 8.08. The zero-order valence-electron chi connectivity index (χ0n) is 11.7. The molecule has 110 valence electrons. The summed E-state index contributed by atoms with van der Waals surface area (Å²) in [6.07, 6.45) is 1.03. The number of rotatable bonds is 5. The Morgan fingerprint density at radius 1 is 1.40 bits per heavy atom. The fourth-order valence-electron chi connectivity index (χ4n) is 1.40. The van der Waals surface area contributed by atoms with Gasteiger partial charge >= 0.3 is 0 Å². The van der Waals surface area contributed by atoms with Crippen molar-refractivity contribution in [3.05, 3.63) is 5.15 Å². The predicted molar refractivity (Wildman–Crippen MR) is 77.6 cm³/mol. The maximum absolute atomic E-state index is 11.7. The second kappa shape index (κ2) is 5.81. The maximum Gasteiger partial charge on any atom is 0.227 e. The smallest absolute Gasteiger partial charge is 0.227 e. The zero-order valence-corrected chi connectivity index (χ0v) is 13.2. The fourth-order valence-corrected chi connectivity index (χ4v) is 2.81. The molecule has 0 bridgehead atoms. The lowest BCUT2D eigenvalue weighted by molar-refractivity contribution is 0.601. The molecule has 9 heteroatoms. The minimum absolute atomic E-state index is 0.0879. The van der Waals surface area contributed by atoms with E-state index < -0.39 is 15.4 Å². The van der Waals surface area contributed by atoms with Crippen molar-refractivity contribution >= 4 is 33.2 Å². The van der Waals surface area contributed by atoms with E-state index in [0.717, 1.165) is 6.26 Å². The average molecular weight is 318 g/mol. The number of halogens is 1. The summed E-state index contributed by atoms with van der Waals surface area (Å²) in [5.41, 5.74) is -0.903. The van der Waals surface area contributed by atoms with Gasteiger partial charge in [0.2, 0.25) is 5.95 Å². The molecule has 0 aromatic carbocycles. The molecule has 1 aromatic rings. The van der Waals surface area contributed by atoms with Gasteiger partial charge in [0.15, 0.2) is 20.8 Å². The average Bonchev–Trinajstić information content (AvgIpc) is 2.26. The summed E-state index contributed by atoms with van der Waals surface area (Å²) in [7, 11) is -3.56. The van der Waals surface area contributed by atoms with Crippen LogP contribution in [-0.4, -0.2) is 36.7 Å². The molecule has 0 spiro atoms. The van der Waals surface area contributed by atoms with E-state index >= 15 is 0 Å². The summed E-state index contributed by atoms with van der Waals surface area (Å²) >= 11 is 5.93. The minimum atomic E-state index is -3.56. The van der Waals surface area contributed by atoms with E-state index in [9.17, 15) is 8.42 Å². The summed E-state index contributed by atoms with van der Waals surface area (Å²) in [6, 6.07) is 2.03. The Bertz CT molecular complexity index is 652. The van der Waals surface area contributed by atoms with Crippen LogP contribution in [-0.2, 0) is 9.84 Å². The van der Waals surface area contributed by atoms with Crippen molar-refractivity contribution in [1.29, 1.82) is 5.26 Å². The first-order chi connectivity index (χ1) is 9.10. The van der Waals surface area contributed by atoms with E-state index in [1.165, 1.54) is 0 Å². The van der Waals surface area contributed by atoms with Gasteiger partial charge in [0.05, 0.1) is 6.07 Å². The van der Waals surface area contributed by atoms with Crippen molar-refractivity contribution in [1.82, 2.24) is 9.97 Å². The first kappa shape index (κ1) is 16.5. The lowest BCUT2D eigenvalue weighted by Gasteiger charge is -2.19. The summed E-state index contributed by atoms with van der Waals surface area (Å²) in [4.78, 5) is 7.81. The summed E-state index contributed by atoms with van der Waals surface area (Å²) in [6.45, 7) is 5.55. The van der Waals surface area contributed by atoms with E-state index in [4.69, 9.17) is 16.9 Å². The molecule has 0 aliphatic rings. The van der Waals surface area contributed by atoms with Crippen molar-refractivity contribution in [2.24, 2.45) is 0 Å². The molecule has 0 fully saturated rings. The molecule has 0 amide bonds. The number of nitriles is 1. The monoisotopic (exact) mass is 317 g/mol. The lowest BCUT2D eigenvalue weighted by atomic mass is 10.1. The highest BCUT2D eigenvalue weighted by molar-refractivity contribution is 7.91. The maximum atomic E-state index is 11.7. The van der Waals surface area contributed by atoms with Gasteiger partial charge in [-0.15, -0.1) is 0 Å². The molecule has 0 saturated carbocycles. The van der Waals surface area contributed by atoms with Crippen molar-refractivity contribution in [3.8, 4) is 6.07 Å². The number of sulfone groups is 1. The molecule has 1 heterocycles. The molecule has 0 saturated heterocycles. The Labute approximate surface area is 123 Å². The third-order valence-electron chi connectivity index (χ3n) is 2.24. The molecule has 1 rings (SSSR count). The first-order valence-electron chi connectivity index (χ1n) is 5.81. The topological polar surface area (TPSA) is 108 Å². The number of aromatic nitrogens is 2. The SMILES string of the molecule is CCNc1nc(NC(C)(C)C#N)nc(Cl)c1S(C)(=O)=O. The van der Waals surface area contributed by atoms with Crippen LogP contribution in [0.5, 0.6) is 0 Å². The van der Waals surface area contributed by atoms with E-state index in [1.807, 2.05) is 6.07 Å². The zero-order chi connectivity index (χ0) is 15.6. The van der Waals surface area contributed by atoms with Crippen molar-refractivity contribution in [3.63, 3.8) is 0 Å². The van der Waals surface area contributed by atoms with Crippen molar-refractivity contribution in [2.75, 3.05) is 23.4 Å². The van der Waals surface area contributed by atoms with Crippen LogP contribution in [0.15, 0.2) is 4.90 Å². The summed E-state index contributed by atoms with van der Waals surface area (Å²) in [5.74, 6) is 0.205. The Kier molecular flexibility index (Phi) is 4.78. The standard InChI is InChI=1S/C11H16ClN5O2S/c1-5-14-9-7(20(4,18)19)8(12)15-10(16-9)17-11(2,3)6-13/h5H2,1-4H3,(H2,14,15,16,17). The van der Waals surface area contributed by atoms with Gasteiger partial charge in [-0.25, -0.2) is 8.42 Å². The van der Waals surface area contributed by atoms with Gasteiger partial charge in [0, 0.05) is 12.8 Å². The van der Waals surface area contributed by atoms with Crippen LogP contribution in [0.25, 0.3) is 0 Å². The minimum Gasteiger partial charge on any atom is -0.369 e. The van der Waals surface area contributed by atoms with Gasteiger partial charge in [-0.1, -0.05) is 11.6 Å². The van der Waals surface area contributed by atoms with Crippen LogP contribution in [0.1, 0.15) is 20.8 Å². The van der Waals surface area contributed by atoms with Crippen molar-refractivity contribution < 1.29 is 8.42 Å². The molecule has 0 aliphatic carbocycles. The molecule has 0 aliphatic heterocycles. The van der Waals surface area contributed by atoms with Crippen LogP contribution in [0.4, 0.5) is 11.8 Å². The third-order valence-corrected chi connectivity index (χ3v) is 3.76. The van der Waals surface area contributed by atoms with Crippen LogP contribution in [0.3, 0.4) is 0 Å². The third kappa shape index (κ3) is 3.95. The molecule has 0 atom stereocenters. The highest BCUT2D eigenvalue weighted by atomic mass is 35.5. The number of nitrogens with one attached hydrogen (secondary N) is 2. The molecule has 2 N–H and O–H groups in total. The highest BCUT2D eigenvalue weighted by Gasteiger charge is 2.24. The van der Waals surface area contributed by atoms with Crippen LogP contribution >= 0.6 is 11.6 Å². The number of nitrogens with zero attached hydrogens (tertiary/aromatic N) is 3. The van der Waals surface area contributed by atoms with Crippen LogP contribution < -0.4 is 10.6 Å². The molecule has 1 aromatic heterocycles. The molecule has 20 heavy (non-hydrogen) atoms. The molecule has 0 radical (unpaired) electrons. The summed E-state index contributed by atoms with van der Waals surface area (Å²) < 4.78 is 23.4. The van der Waals surface area contributed by atoms with Gasteiger partial charge in [-0.05, 0) is 20.8 Å². The highest BCUT2D eigenvalue weighted by Crippen LogP contribution is 2.28. The Morgan fingerprint density at radius 3 is 2.45 bits per heavy atom. The van der Waals surface area contributed by atoms with Gasteiger partial charge in [0.25, 0.3) is 0 Å². The molecular weight excluding hydrogens is 302 g/mol. The summed E-state index contributed by atoms with van der Waals surface area (Å²) in [5, 5.41) is 14.4. The molecule has 0 unspecified atom stereocenters. The number of hydrogen-bond donors (Lipinski definition) is 2. The van der Waals surface area contributed by atoms with E-state index in [1.54, 1.807) is 20.8 Å². The van der Waals surface area contributed by atoms with E-state index in [0.29, 0.717) is 6.54 Å². The fraction of sp³-hybridized carbons (Fsp3) is 0.545. The predicted octanol–water partition coefficient (Wildman–Crippen LogP) is 1.68. The van der Waals surface area contributed by atoms with Crippen molar-refractivity contribution in [2.45, 2.75) is 31.2 Å². The van der Waals surface area contributed by atoms with Crippen LogP contribution in [0.2, 0.25) is 5.15 Å². The van der Waals surface area contributed by atoms with E-state index in [2.05, 4.69) is 20.6 Å². The Morgan fingerprint density at radius 2 is 2.00 bits per heavy atom. The largest absolute Gasteiger partial charge is 0.369 e. The second-order valence-corrected chi connectivity index (χ2v) is 6.99. The van der Waals surface area contributed by atoms with Gasteiger partial charge in [-0.2, -0.15) is 15.2 Å². The van der Waals surface area contributed by atoms with Gasteiger partial charge in [-0.3, -0.25) is 0 Å². The number of hydrogen-bond acceptors (Lipinski definition) is 7.